The molecule has 2 heterocycles. The van der Waals surface area contributed by atoms with Crippen molar-refractivity contribution < 1.29 is 9.90 Å². The predicted molar refractivity (Wildman–Crippen MR) is 44.3 cm³/mol. The van der Waals surface area contributed by atoms with Crippen LogP contribution >= 0.6 is 0 Å². The van der Waals surface area contributed by atoms with E-state index in [1.54, 1.807) is 6.07 Å². The SMILES string of the molecule is O=C(O)c1cc2ccnnc2cn1. The van der Waals surface area contributed by atoms with Crippen molar-refractivity contribution in [2.75, 3.05) is 0 Å². The second-order valence-electron chi connectivity index (χ2n) is 2.46. The summed E-state index contributed by atoms with van der Waals surface area (Å²) in [5, 5.41) is 16.8. The molecule has 0 saturated heterocycles. The van der Waals surface area contributed by atoms with Gasteiger partial charge in [0, 0.05) is 5.39 Å². The maximum atomic E-state index is 10.5. The quantitative estimate of drug-likeness (QED) is 0.691. The first-order chi connectivity index (χ1) is 6.27. The highest BCUT2D eigenvalue weighted by atomic mass is 16.4. The van der Waals surface area contributed by atoms with Gasteiger partial charge in [0.05, 0.1) is 12.4 Å². The summed E-state index contributed by atoms with van der Waals surface area (Å²) >= 11 is 0. The zero-order chi connectivity index (χ0) is 9.26. The zero-order valence-electron chi connectivity index (χ0n) is 6.51. The molecule has 64 valence electrons. The molecule has 0 aliphatic heterocycles. The molecule has 1 N–H and O–H groups in total. The lowest BCUT2D eigenvalue weighted by Crippen LogP contribution is -1.99. The van der Waals surface area contributed by atoms with Crippen LogP contribution in [0.4, 0.5) is 0 Å². The first-order valence-corrected chi connectivity index (χ1v) is 3.58. The second-order valence-corrected chi connectivity index (χ2v) is 2.46. The van der Waals surface area contributed by atoms with Gasteiger partial charge in [0.25, 0.3) is 0 Å². The maximum absolute atomic E-state index is 10.5. The van der Waals surface area contributed by atoms with Gasteiger partial charge < -0.3 is 5.11 Å². The molecule has 0 aliphatic carbocycles. The largest absolute Gasteiger partial charge is 0.477 e. The summed E-state index contributed by atoms with van der Waals surface area (Å²) < 4.78 is 0. The fourth-order valence-corrected chi connectivity index (χ4v) is 1.01. The van der Waals surface area contributed by atoms with Crippen LogP contribution in [0.1, 0.15) is 10.5 Å². The van der Waals surface area contributed by atoms with E-state index >= 15 is 0 Å². The molecule has 0 aromatic carbocycles. The molecule has 0 unspecified atom stereocenters. The molecule has 2 aromatic rings. The number of rotatable bonds is 1. The summed E-state index contributed by atoms with van der Waals surface area (Å²) in [6, 6.07) is 3.16. The smallest absolute Gasteiger partial charge is 0.354 e. The van der Waals surface area contributed by atoms with E-state index in [9.17, 15) is 4.79 Å². The van der Waals surface area contributed by atoms with E-state index < -0.39 is 5.97 Å². The van der Waals surface area contributed by atoms with E-state index in [0.29, 0.717) is 5.52 Å². The summed E-state index contributed by atoms with van der Waals surface area (Å²) in [6.45, 7) is 0. The Hall–Kier alpha value is -2.04. The Morgan fingerprint density at radius 1 is 1.46 bits per heavy atom. The number of fused-ring (bicyclic) bond motifs is 1. The van der Waals surface area contributed by atoms with Crippen molar-refractivity contribution >= 4 is 16.9 Å². The molecular formula is C8H5N3O2. The molecule has 0 atom stereocenters. The van der Waals surface area contributed by atoms with Gasteiger partial charge >= 0.3 is 5.97 Å². The summed E-state index contributed by atoms with van der Waals surface area (Å²) in [5.74, 6) is -1.04. The van der Waals surface area contributed by atoms with Crippen LogP contribution in [0.25, 0.3) is 10.9 Å². The lowest BCUT2D eigenvalue weighted by Gasteiger charge is -1.95. The van der Waals surface area contributed by atoms with E-state index in [1.165, 1.54) is 18.5 Å². The fraction of sp³-hybridized carbons (Fsp3) is 0. The highest BCUT2D eigenvalue weighted by Crippen LogP contribution is 2.09. The van der Waals surface area contributed by atoms with Crippen LogP contribution < -0.4 is 0 Å². The van der Waals surface area contributed by atoms with Gasteiger partial charge in [-0.15, -0.1) is 5.10 Å². The van der Waals surface area contributed by atoms with E-state index in [0.717, 1.165) is 5.39 Å². The average Bonchev–Trinajstić information content (AvgIpc) is 2.17. The molecule has 2 rings (SSSR count). The van der Waals surface area contributed by atoms with Gasteiger partial charge in [0.2, 0.25) is 0 Å². The summed E-state index contributed by atoms with van der Waals surface area (Å²) in [6.07, 6.45) is 2.90. The Balaban J connectivity index is 2.69. The molecule has 0 fully saturated rings. The number of aromatic carboxylic acids is 1. The van der Waals surface area contributed by atoms with Crippen molar-refractivity contribution in [3.8, 4) is 0 Å². The lowest BCUT2D eigenvalue weighted by molar-refractivity contribution is 0.0690. The Kier molecular flexibility index (Phi) is 1.63. The fourth-order valence-electron chi connectivity index (χ4n) is 1.01. The predicted octanol–water partition coefficient (Wildman–Crippen LogP) is 0.723. The first kappa shape index (κ1) is 7.60. The molecule has 5 heteroatoms. The molecule has 0 aliphatic rings. The van der Waals surface area contributed by atoms with Gasteiger partial charge in [0.15, 0.2) is 0 Å². The van der Waals surface area contributed by atoms with Crippen LogP contribution in [-0.2, 0) is 0 Å². The third-order valence-corrected chi connectivity index (χ3v) is 1.62. The van der Waals surface area contributed by atoms with Crippen molar-refractivity contribution in [1.82, 2.24) is 15.2 Å². The lowest BCUT2D eigenvalue weighted by atomic mass is 10.2. The molecule has 0 bridgehead atoms. The molecule has 13 heavy (non-hydrogen) atoms. The number of aromatic nitrogens is 3. The van der Waals surface area contributed by atoms with E-state index in [-0.39, 0.29) is 5.69 Å². The van der Waals surface area contributed by atoms with E-state index in [1.807, 2.05) is 0 Å². The summed E-state index contributed by atoms with van der Waals surface area (Å²) in [4.78, 5) is 14.3. The minimum atomic E-state index is -1.04. The van der Waals surface area contributed by atoms with Crippen molar-refractivity contribution in [1.29, 1.82) is 0 Å². The highest BCUT2D eigenvalue weighted by Gasteiger charge is 2.04. The standard InChI is InChI=1S/C8H5N3O2/c12-8(13)6-3-5-1-2-10-11-7(5)4-9-6/h1-4H,(H,12,13). The Morgan fingerprint density at radius 2 is 2.31 bits per heavy atom. The third-order valence-electron chi connectivity index (χ3n) is 1.62. The molecule has 0 radical (unpaired) electrons. The van der Waals surface area contributed by atoms with Crippen molar-refractivity contribution in [2.45, 2.75) is 0 Å². The minimum absolute atomic E-state index is 0.0144. The van der Waals surface area contributed by atoms with E-state index in [4.69, 9.17) is 5.11 Å². The Morgan fingerprint density at radius 3 is 3.08 bits per heavy atom. The summed E-state index contributed by atoms with van der Waals surface area (Å²) in [7, 11) is 0. The number of hydrogen-bond acceptors (Lipinski definition) is 4. The third kappa shape index (κ3) is 1.31. The molecular weight excluding hydrogens is 170 g/mol. The van der Waals surface area contributed by atoms with Crippen LogP contribution in [0.2, 0.25) is 0 Å². The van der Waals surface area contributed by atoms with Crippen LogP contribution in [0.5, 0.6) is 0 Å². The van der Waals surface area contributed by atoms with Gasteiger partial charge in [-0.1, -0.05) is 0 Å². The Bertz CT molecular complexity index is 470. The number of nitrogens with zero attached hydrogens (tertiary/aromatic N) is 3. The highest BCUT2D eigenvalue weighted by molar-refractivity contribution is 5.90. The van der Waals surface area contributed by atoms with E-state index in [2.05, 4.69) is 15.2 Å². The monoisotopic (exact) mass is 175 g/mol. The Labute approximate surface area is 73.1 Å². The molecule has 0 saturated carbocycles. The molecule has 5 nitrogen and oxygen atoms in total. The number of carboxylic acid groups (broad SMARTS) is 1. The van der Waals surface area contributed by atoms with Gasteiger partial charge in [-0.2, -0.15) is 5.10 Å². The number of pyridine rings is 1. The number of carbonyl (C=O) groups is 1. The van der Waals surface area contributed by atoms with Crippen LogP contribution in [-0.4, -0.2) is 26.3 Å². The zero-order valence-corrected chi connectivity index (χ0v) is 6.51. The molecule has 0 spiro atoms. The maximum Gasteiger partial charge on any atom is 0.354 e. The van der Waals surface area contributed by atoms with Crippen molar-refractivity contribution in [2.24, 2.45) is 0 Å². The van der Waals surface area contributed by atoms with Crippen LogP contribution in [0.3, 0.4) is 0 Å². The number of hydrogen-bond donors (Lipinski definition) is 1. The molecule has 0 amide bonds. The van der Waals surface area contributed by atoms with Crippen molar-refractivity contribution in [3.63, 3.8) is 0 Å². The summed E-state index contributed by atoms with van der Waals surface area (Å²) in [5.41, 5.74) is 0.605. The topological polar surface area (TPSA) is 76.0 Å². The van der Waals surface area contributed by atoms with Gasteiger partial charge in [-0.25, -0.2) is 9.78 Å². The van der Waals surface area contributed by atoms with Crippen LogP contribution in [0.15, 0.2) is 24.5 Å². The number of carboxylic acids is 1. The first-order valence-electron chi connectivity index (χ1n) is 3.58. The minimum Gasteiger partial charge on any atom is -0.477 e. The van der Waals surface area contributed by atoms with Crippen LogP contribution in [0, 0.1) is 0 Å². The normalized spacial score (nSPS) is 10.2. The molecule has 2 aromatic heterocycles. The van der Waals surface area contributed by atoms with Crippen molar-refractivity contribution in [3.05, 3.63) is 30.2 Å². The van der Waals surface area contributed by atoms with Gasteiger partial charge in [-0.05, 0) is 12.1 Å². The van der Waals surface area contributed by atoms with Gasteiger partial charge in [-0.3, -0.25) is 0 Å². The second kappa shape index (κ2) is 2.78. The average molecular weight is 175 g/mol. The van der Waals surface area contributed by atoms with Gasteiger partial charge in [0.1, 0.15) is 11.2 Å².